The second-order valence-corrected chi connectivity index (χ2v) is 4.99. The number of hydrogen-bond donors (Lipinski definition) is 0. The summed E-state index contributed by atoms with van der Waals surface area (Å²) in [7, 11) is 0. The number of pyridine rings is 2. The van der Waals surface area contributed by atoms with Crippen LogP contribution < -0.4 is 0 Å². The van der Waals surface area contributed by atoms with Gasteiger partial charge in [-0.1, -0.05) is 42.5 Å². The largest absolute Gasteiger partial charge is 0.323 e. The fraction of sp³-hybridized carbons (Fsp3) is 0. The van der Waals surface area contributed by atoms with E-state index in [1.807, 2.05) is 30.5 Å². The third-order valence-electron chi connectivity index (χ3n) is 3.69. The molecular weight excluding hydrogens is 256 g/mol. The quantitative estimate of drug-likeness (QED) is 0.517. The predicted molar refractivity (Wildman–Crippen MR) is 86.1 cm³/mol. The average Bonchev–Trinajstić information content (AvgIpc) is 2.96. The van der Waals surface area contributed by atoms with Crippen LogP contribution >= 0.6 is 0 Å². The first-order valence-electron chi connectivity index (χ1n) is 7.00. The van der Waals surface area contributed by atoms with Gasteiger partial charge < -0.3 is 4.40 Å². The van der Waals surface area contributed by atoms with Crippen LogP contribution in [0.4, 0.5) is 0 Å². The van der Waals surface area contributed by atoms with Gasteiger partial charge in [0.2, 0.25) is 0 Å². The van der Waals surface area contributed by atoms with Crippen molar-refractivity contribution in [3.63, 3.8) is 0 Å². The molecule has 4 aromatic rings. The molecule has 100 valence electrons. The highest BCUT2D eigenvalue weighted by Gasteiger charge is 2.14. The molecule has 0 bridgehead atoms. The van der Waals surface area contributed by atoms with Crippen LogP contribution in [0.3, 0.4) is 0 Å². The Morgan fingerprint density at radius 2 is 1.57 bits per heavy atom. The summed E-state index contributed by atoms with van der Waals surface area (Å²) < 4.78 is 2.16. The summed E-state index contributed by atoms with van der Waals surface area (Å²) in [6.45, 7) is 0. The van der Waals surface area contributed by atoms with Gasteiger partial charge in [-0.15, -0.1) is 0 Å². The molecule has 0 amide bonds. The molecule has 3 heterocycles. The molecule has 0 saturated heterocycles. The lowest BCUT2D eigenvalue weighted by Crippen LogP contribution is -1.83. The van der Waals surface area contributed by atoms with E-state index in [2.05, 4.69) is 64.2 Å². The molecule has 1 aromatic carbocycles. The molecule has 0 aliphatic carbocycles. The molecule has 21 heavy (non-hydrogen) atoms. The van der Waals surface area contributed by atoms with Crippen molar-refractivity contribution in [3.8, 4) is 22.4 Å². The molecule has 0 N–H and O–H groups in total. The van der Waals surface area contributed by atoms with Gasteiger partial charge in [-0.3, -0.25) is 4.98 Å². The number of rotatable bonds is 2. The number of benzene rings is 1. The highest BCUT2D eigenvalue weighted by atomic mass is 14.9. The van der Waals surface area contributed by atoms with Crippen molar-refractivity contribution in [1.82, 2.24) is 9.38 Å². The lowest BCUT2D eigenvalue weighted by molar-refractivity contribution is 1.20. The van der Waals surface area contributed by atoms with Gasteiger partial charge in [0.15, 0.2) is 0 Å². The molecule has 0 aliphatic rings. The van der Waals surface area contributed by atoms with E-state index in [1.54, 1.807) is 0 Å². The number of fused-ring (bicyclic) bond motifs is 1. The Labute approximate surface area is 123 Å². The molecule has 0 unspecified atom stereocenters. The summed E-state index contributed by atoms with van der Waals surface area (Å²) in [6, 6.07) is 22.8. The maximum absolute atomic E-state index is 4.52. The van der Waals surface area contributed by atoms with Crippen molar-refractivity contribution in [1.29, 1.82) is 0 Å². The SMILES string of the molecule is c1ccc(-c2c(-c3ccccn3)cn3ccccc23)cc1. The van der Waals surface area contributed by atoms with Gasteiger partial charge in [0, 0.05) is 29.7 Å². The second kappa shape index (κ2) is 4.91. The van der Waals surface area contributed by atoms with E-state index in [0.29, 0.717) is 0 Å². The van der Waals surface area contributed by atoms with Gasteiger partial charge in [-0.2, -0.15) is 0 Å². The molecule has 3 aromatic heterocycles. The Kier molecular flexibility index (Phi) is 2.79. The van der Waals surface area contributed by atoms with Crippen LogP contribution in [0, 0.1) is 0 Å². The van der Waals surface area contributed by atoms with E-state index < -0.39 is 0 Å². The first-order chi connectivity index (χ1) is 10.4. The zero-order chi connectivity index (χ0) is 14.1. The van der Waals surface area contributed by atoms with Crippen molar-refractivity contribution in [2.75, 3.05) is 0 Å². The predicted octanol–water partition coefficient (Wildman–Crippen LogP) is 4.67. The molecule has 0 aliphatic heterocycles. The second-order valence-electron chi connectivity index (χ2n) is 4.99. The molecule has 2 nitrogen and oxygen atoms in total. The normalized spacial score (nSPS) is 10.9. The first kappa shape index (κ1) is 11.9. The highest BCUT2D eigenvalue weighted by Crippen LogP contribution is 2.35. The summed E-state index contributed by atoms with van der Waals surface area (Å²) in [5.74, 6) is 0. The third kappa shape index (κ3) is 2.01. The van der Waals surface area contributed by atoms with Crippen molar-refractivity contribution in [2.24, 2.45) is 0 Å². The van der Waals surface area contributed by atoms with E-state index in [1.165, 1.54) is 16.6 Å². The number of aromatic nitrogens is 2. The standard InChI is InChI=1S/C19H14N2/c1-2-8-15(9-3-1)19-16(17-10-4-6-12-20-17)14-21-13-7-5-11-18(19)21/h1-14H. The van der Waals surface area contributed by atoms with Crippen LogP contribution in [-0.4, -0.2) is 9.38 Å². The lowest BCUT2D eigenvalue weighted by atomic mass is 10.0. The molecule has 0 fully saturated rings. The molecule has 4 rings (SSSR count). The Morgan fingerprint density at radius 1 is 0.762 bits per heavy atom. The minimum Gasteiger partial charge on any atom is -0.323 e. The zero-order valence-corrected chi connectivity index (χ0v) is 11.5. The summed E-state index contributed by atoms with van der Waals surface area (Å²) in [6.07, 6.45) is 6.07. The molecule has 0 spiro atoms. The van der Waals surface area contributed by atoms with E-state index in [9.17, 15) is 0 Å². The van der Waals surface area contributed by atoms with E-state index in [0.717, 1.165) is 11.3 Å². The van der Waals surface area contributed by atoms with Crippen LogP contribution in [0.25, 0.3) is 27.9 Å². The Bertz CT molecular complexity index is 877. The maximum Gasteiger partial charge on any atom is 0.0723 e. The fourth-order valence-corrected chi connectivity index (χ4v) is 2.75. The van der Waals surface area contributed by atoms with Gasteiger partial charge in [0.05, 0.1) is 11.2 Å². The monoisotopic (exact) mass is 270 g/mol. The van der Waals surface area contributed by atoms with Crippen molar-refractivity contribution < 1.29 is 0 Å². The summed E-state index contributed by atoms with van der Waals surface area (Å²) >= 11 is 0. The molecule has 0 radical (unpaired) electrons. The molecular formula is C19H14N2. The Balaban J connectivity index is 2.07. The zero-order valence-electron chi connectivity index (χ0n) is 11.5. The molecule has 0 saturated carbocycles. The van der Waals surface area contributed by atoms with Gasteiger partial charge in [0.1, 0.15) is 0 Å². The lowest BCUT2D eigenvalue weighted by Gasteiger charge is -2.04. The van der Waals surface area contributed by atoms with Crippen LogP contribution in [0.2, 0.25) is 0 Å². The van der Waals surface area contributed by atoms with E-state index in [-0.39, 0.29) is 0 Å². The van der Waals surface area contributed by atoms with Crippen LogP contribution in [0.15, 0.2) is 85.3 Å². The topological polar surface area (TPSA) is 17.3 Å². The maximum atomic E-state index is 4.52. The van der Waals surface area contributed by atoms with Crippen molar-refractivity contribution in [3.05, 3.63) is 85.3 Å². The van der Waals surface area contributed by atoms with Crippen LogP contribution in [-0.2, 0) is 0 Å². The Hall–Kier alpha value is -2.87. The smallest absolute Gasteiger partial charge is 0.0723 e. The minimum atomic E-state index is 1.00. The van der Waals surface area contributed by atoms with Crippen molar-refractivity contribution >= 4 is 5.52 Å². The first-order valence-corrected chi connectivity index (χ1v) is 7.00. The van der Waals surface area contributed by atoms with Crippen LogP contribution in [0.5, 0.6) is 0 Å². The van der Waals surface area contributed by atoms with E-state index >= 15 is 0 Å². The summed E-state index contributed by atoms with van der Waals surface area (Å²) in [4.78, 5) is 4.52. The van der Waals surface area contributed by atoms with Gasteiger partial charge >= 0.3 is 0 Å². The highest BCUT2D eigenvalue weighted by molar-refractivity contribution is 5.93. The van der Waals surface area contributed by atoms with Crippen molar-refractivity contribution in [2.45, 2.75) is 0 Å². The third-order valence-corrected chi connectivity index (χ3v) is 3.69. The van der Waals surface area contributed by atoms with E-state index in [4.69, 9.17) is 0 Å². The average molecular weight is 270 g/mol. The fourth-order valence-electron chi connectivity index (χ4n) is 2.75. The number of nitrogens with zero attached hydrogens (tertiary/aromatic N) is 2. The number of hydrogen-bond acceptors (Lipinski definition) is 1. The Morgan fingerprint density at radius 3 is 2.38 bits per heavy atom. The van der Waals surface area contributed by atoms with Gasteiger partial charge in [-0.25, -0.2) is 0 Å². The van der Waals surface area contributed by atoms with Gasteiger partial charge in [-0.05, 0) is 29.8 Å². The van der Waals surface area contributed by atoms with Gasteiger partial charge in [0.25, 0.3) is 0 Å². The molecule has 2 heteroatoms. The summed E-state index contributed by atoms with van der Waals surface area (Å²) in [5, 5.41) is 0. The molecule has 0 atom stereocenters. The summed E-state index contributed by atoms with van der Waals surface area (Å²) in [5.41, 5.74) is 5.80. The van der Waals surface area contributed by atoms with Crippen LogP contribution in [0.1, 0.15) is 0 Å². The minimum absolute atomic E-state index is 1.00.